The summed E-state index contributed by atoms with van der Waals surface area (Å²) in [6.07, 6.45) is 3.13. The van der Waals surface area contributed by atoms with E-state index in [9.17, 15) is 9.90 Å². The van der Waals surface area contributed by atoms with Gasteiger partial charge in [0.25, 0.3) is 5.91 Å². The summed E-state index contributed by atoms with van der Waals surface area (Å²) in [6.45, 7) is 3.41. The largest absolute Gasteiger partial charge is 0.466 e. The number of hydrogen-bond donors (Lipinski definition) is 2. The van der Waals surface area contributed by atoms with E-state index < -0.39 is 5.60 Å². The Hall–Kier alpha value is -2.08. The molecule has 2 aromatic rings. The van der Waals surface area contributed by atoms with Gasteiger partial charge in [-0.3, -0.25) is 9.48 Å². The summed E-state index contributed by atoms with van der Waals surface area (Å²) in [5.74, 6) is 0.146. The molecule has 0 bridgehead atoms. The fourth-order valence-electron chi connectivity index (χ4n) is 1.84. The molecule has 0 saturated heterocycles. The van der Waals surface area contributed by atoms with E-state index >= 15 is 0 Å². The topological polar surface area (TPSA) is 80.3 Å². The number of aliphatic hydroxyl groups is 1. The summed E-state index contributed by atoms with van der Waals surface area (Å²) >= 11 is 0. The number of rotatable bonds is 4. The Bertz CT molecular complexity index is 570. The summed E-state index contributed by atoms with van der Waals surface area (Å²) in [5.41, 5.74) is -0.0923. The second kappa shape index (κ2) is 4.89. The molecule has 102 valence electrons. The predicted molar refractivity (Wildman–Crippen MR) is 68.6 cm³/mol. The van der Waals surface area contributed by atoms with Crippen LogP contribution in [0.3, 0.4) is 0 Å². The minimum atomic E-state index is -1.24. The van der Waals surface area contributed by atoms with E-state index in [1.54, 1.807) is 43.9 Å². The number of furan rings is 1. The minimum Gasteiger partial charge on any atom is -0.466 e. The molecule has 2 rings (SSSR count). The summed E-state index contributed by atoms with van der Waals surface area (Å²) < 4.78 is 6.72. The summed E-state index contributed by atoms with van der Waals surface area (Å²) in [7, 11) is 1.75. The lowest BCUT2D eigenvalue weighted by Gasteiger charge is -2.20. The normalized spacial score (nSPS) is 14.1. The number of nitrogens with one attached hydrogen (secondary N) is 1. The molecule has 2 N–H and O–H groups in total. The molecule has 6 nitrogen and oxygen atoms in total. The lowest BCUT2D eigenvalue weighted by Crippen LogP contribution is -2.38. The third kappa shape index (κ3) is 2.85. The maximum atomic E-state index is 12.0. The molecule has 1 amide bonds. The van der Waals surface area contributed by atoms with E-state index in [1.165, 1.54) is 6.26 Å². The molecule has 1 atom stereocenters. The Kier molecular flexibility index (Phi) is 3.44. The molecule has 6 heteroatoms. The number of carbonyl (C=O) groups excluding carboxylic acids is 1. The fourth-order valence-corrected chi connectivity index (χ4v) is 1.84. The predicted octanol–water partition coefficient (Wildman–Crippen LogP) is 0.959. The van der Waals surface area contributed by atoms with Crippen molar-refractivity contribution in [3.63, 3.8) is 0 Å². The van der Waals surface area contributed by atoms with Crippen molar-refractivity contribution in [2.45, 2.75) is 19.4 Å². The number of amides is 1. The molecular formula is C13H17N3O3. The quantitative estimate of drug-likeness (QED) is 0.861. The van der Waals surface area contributed by atoms with Crippen LogP contribution < -0.4 is 5.32 Å². The third-order valence-electron chi connectivity index (χ3n) is 2.90. The molecular weight excluding hydrogens is 246 g/mol. The zero-order valence-corrected chi connectivity index (χ0v) is 11.2. The molecule has 0 radical (unpaired) electrons. The number of aromatic nitrogens is 2. The Balaban J connectivity index is 2.03. The Morgan fingerprint density at radius 2 is 2.37 bits per heavy atom. The summed E-state index contributed by atoms with van der Waals surface area (Å²) in [4.78, 5) is 12.0. The van der Waals surface area contributed by atoms with Crippen molar-refractivity contribution in [3.8, 4) is 0 Å². The van der Waals surface area contributed by atoms with Crippen molar-refractivity contribution in [1.29, 1.82) is 0 Å². The van der Waals surface area contributed by atoms with E-state index in [0.717, 1.165) is 0 Å². The van der Waals surface area contributed by atoms with E-state index in [0.29, 0.717) is 17.0 Å². The molecule has 0 fully saturated rings. The summed E-state index contributed by atoms with van der Waals surface area (Å²) in [6, 6.07) is 3.36. The van der Waals surface area contributed by atoms with Crippen LogP contribution in [0.15, 0.2) is 29.0 Å². The van der Waals surface area contributed by atoms with Gasteiger partial charge >= 0.3 is 0 Å². The van der Waals surface area contributed by atoms with Crippen LogP contribution in [-0.2, 0) is 12.6 Å². The van der Waals surface area contributed by atoms with Gasteiger partial charge in [-0.2, -0.15) is 5.10 Å². The van der Waals surface area contributed by atoms with Gasteiger partial charge in [-0.1, -0.05) is 0 Å². The number of aryl methyl sites for hydroxylation is 2. The smallest absolute Gasteiger partial charge is 0.254 e. The van der Waals surface area contributed by atoms with Crippen molar-refractivity contribution >= 4 is 5.91 Å². The first kappa shape index (κ1) is 13.4. The molecule has 0 aliphatic carbocycles. The highest BCUT2D eigenvalue weighted by Crippen LogP contribution is 2.20. The highest BCUT2D eigenvalue weighted by atomic mass is 16.4. The van der Waals surface area contributed by atoms with Gasteiger partial charge in [-0.25, -0.2) is 0 Å². The maximum absolute atomic E-state index is 12.0. The van der Waals surface area contributed by atoms with Gasteiger partial charge < -0.3 is 14.8 Å². The van der Waals surface area contributed by atoms with Gasteiger partial charge in [0, 0.05) is 13.2 Å². The molecule has 2 heterocycles. The van der Waals surface area contributed by atoms with Crippen molar-refractivity contribution < 1.29 is 14.3 Å². The van der Waals surface area contributed by atoms with Gasteiger partial charge in [-0.05, 0) is 26.0 Å². The zero-order chi connectivity index (χ0) is 14.0. The van der Waals surface area contributed by atoms with Crippen LogP contribution in [0.4, 0.5) is 0 Å². The second-order valence-corrected chi connectivity index (χ2v) is 4.74. The van der Waals surface area contributed by atoms with Gasteiger partial charge in [-0.15, -0.1) is 0 Å². The lowest BCUT2D eigenvalue weighted by molar-refractivity contribution is 0.0330. The zero-order valence-electron chi connectivity index (χ0n) is 11.2. The number of nitrogens with zero attached hydrogens (tertiary/aromatic N) is 2. The third-order valence-corrected chi connectivity index (χ3v) is 2.90. The van der Waals surface area contributed by atoms with Crippen LogP contribution in [0.25, 0.3) is 0 Å². The molecule has 2 aromatic heterocycles. The molecule has 0 spiro atoms. The number of carbonyl (C=O) groups is 1. The van der Waals surface area contributed by atoms with E-state index in [-0.39, 0.29) is 12.5 Å². The van der Waals surface area contributed by atoms with E-state index in [1.807, 2.05) is 0 Å². The Morgan fingerprint density at radius 1 is 1.63 bits per heavy atom. The van der Waals surface area contributed by atoms with Crippen molar-refractivity contribution in [1.82, 2.24) is 15.1 Å². The van der Waals surface area contributed by atoms with Crippen LogP contribution in [0.2, 0.25) is 0 Å². The minimum absolute atomic E-state index is 0.0632. The van der Waals surface area contributed by atoms with Crippen molar-refractivity contribution in [2.75, 3.05) is 6.54 Å². The first-order valence-electron chi connectivity index (χ1n) is 5.95. The highest BCUT2D eigenvalue weighted by molar-refractivity contribution is 5.95. The molecule has 0 saturated carbocycles. The maximum Gasteiger partial charge on any atom is 0.254 e. The summed E-state index contributed by atoms with van der Waals surface area (Å²) in [5, 5.41) is 17.0. The molecule has 0 aromatic carbocycles. The van der Waals surface area contributed by atoms with Crippen LogP contribution in [0.5, 0.6) is 0 Å². The van der Waals surface area contributed by atoms with Gasteiger partial charge in [0.15, 0.2) is 0 Å². The molecule has 19 heavy (non-hydrogen) atoms. The van der Waals surface area contributed by atoms with E-state index in [4.69, 9.17) is 4.42 Å². The first-order chi connectivity index (χ1) is 8.90. The van der Waals surface area contributed by atoms with Crippen LogP contribution in [0, 0.1) is 6.92 Å². The fraction of sp³-hybridized carbons (Fsp3) is 0.385. The van der Waals surface area contributed by atoms with E-state index in [2.05, 4.69) is 10.4 Å². The van der Waals surface area contributed by atoms with Crippen LogP contribution in [-0.4, -0.2) is 27.3 Å². The highest BCUT2D eigenvalue weighted by Gasteiger charge is 2.27. The average molecular weight is 263 g/mol. The average Bonchev–Trinajstić information content (AvgIpc) is 2.96. The van der Waals surface area contributed by atoms with Crippen molar-refractivity contribution in [3.05, 3.63) is 41.6 Å². The van der Waals surface area contributed by atoms with Crippen LogP contribution >= 0.6 is 0 Å². The molecule has 1 unspecified atom stereocenters. The van der Waals surface area contributed by atoms with Gasteiger partial charge in [0.1, 0.15) is 11.4 Å². The molecule has 0 aliphatic rings. The SMILES string of the molecule is Cc1nn(C)cc1C(=O)NCC(C)(O)c1ccco1. The first-order valence-corrected chi connectivity index (χ1v) is 5.95. The number of hydrogen-bond acceptors (Lipinski definition) is 4. The molecule has 0 aliphatic heterocycles. The Morgan fingerprint density at radius 3 is 2.89 bits per heavy atom. The van der Waals surface area contributed by atoms with Crippen molar-refractivity contribution in [2.24, 2.45) is 7.05 Å². The van der Waals surface area contributed by atoms with Crippen LogP contribution in [0.1, 0.15) is 28.7 Å². The van der Waals surface area contributed by atoms with Gasteiger partial charge in [0.05, 0.1) is 24.1 Å². The Labute approximate surface area is 111 Å². The second-order valence-electron chi connectivity index (χ2n) is 4.74. The van der Waals surface area contributed by atoms with Gasteiger partial charge in [0.2, 0.25) is 0 Å². The monoisotopic (exact) mass is 263 g/mol. The lowest BCUT2D eigenvalue weighted by atomic mass is 10.0. The standard InChI is InChI=1S/C13H17N3O3/c1-9-10(7-16(3)15-9)12(17)14-8-13(2,18)11-5-4-6-19-11/h4-7,18H,8H2,1-3H3,(H,14,17).